The number of aryl methyl sites for hydroxylation is 3. The number of carbonyl (C=O) groups excluding carboxylic acids is 1. The number of ether oxygens (including phenoxy) is 1. The van der Waals surface area contributed by atoms with E-state index in [1.54, 1.807) is 42.2 Å². The van der Waals surface area contributed by atoms with Crippen LogP contribution in [0, 0.1) is 18.6 Å². The van der Waals surface area contributed by atoms with E-state index in [9.17, 15) is 64.2 Å². The first kappa shape index (κ1) is 101. The Kier molecular flexibility index (Phi) is 36.8. The van der Waals surface area contributed by atoms with Gasteiger partial charge in [-0.15, -0.1) is 32.9 Å². The Hall–Kier alpha value is -11.2. The molecule has 0 bridgehead atoms. The molecular weight excluding hydrogens is 1740 g/mol. The molecule has 4 aromatic carbocycles. The molecule has 1 unspecified atom stereocenters. The first-order valence-electron chi connectivity index (χ1n) is 37.4. The molecule has 125 heavy (non-hydrogen) atoms. The summed E-state index contributed by atoms with van der Waals surface area (Å²) in [7, 11) is 4.55. The molecule has 0 amide bonds. The van der Waals surface area contributed by atoms with Crippen LogP contribution in [0.5, 0.6) is 0 Å². The predicted molar refractivity (Wildman–Crippen MR) is 460 cm³/mol. The fourth-order valence-corrected chi connectivity index (χ4v) is 13.2. The van der Waals surface area contributed by atoms with Crippen LogP contribution in [0.15, 0.2) is 265 Å². The van der Waals surface area contributed by atoms with E-state index in [4.69, 9.17) is 16.3 Å². The number of allylic oxidation sites excluding steroid dienone is 5. The van der Waals surface area contributed by atoms with Gasteiger partial charge in [0.2, 0.25) is 5.60 Å². The summed E-state index contributed by atoms with van der Waals surface area (Å²) in [4.78, 5) is 85.8. The molecule has 0 radical (unpaired) electrons. The monoisotopic (exact) mass is 1820 g/mol. The standard InChI is InChI=1S/C25H19F4N5O2.C13H8BrFN2.C12H10F3N3O2.C10H11N3O.C9H8ClN3.C9H9N3O.C4H8O.C4H9.K.Li.H2O/c1-3-10-33-13-19(21-22(33)23(35)32(2)14-30-21)24(36,25(27,28)29)16-4-9-20-15(11-16)12-31-34(20)18-7-5-17(26)6-8-18;14-10-1-6-13-9(7-10)8-16-17(13)12-4-2-11(15)3-5-12;1-3-4-18-5-7(10(19)12(13,14)15)8-9(18)11(20)17(2)6-16-8;1-3-5-13-6-4-8-9(13)10(14)12(2)7-11-8;1-2-4-13-5-3-7-8(13)9(10)12-6-11-7;1-2-4-12-5-3-7-8(12)9(13)11-6-10-7;1-2-4-5-3-1;1-3-4-2;;;/h3-9,11-14,36H,1,10H2,2H3;1-8H;3,5-6H,1,4H2,2H3;3-4,6-7H,1,5H2,2H3;2-3,5-6H,1,4H2;2-3,5-6H,1,4H2,(H,10,11,13);1-4H2;1,3-4H2,2H3;;;1H2/q;;;;;;;-1;2*+1;/p-1. The fraction of sp³-hybridized carbons (Fsp3) is 0.209. The van der Waals surface area contributed by atoms with Crippen molar-refractivity contribution >= 4 is 110 Å². The molecule has 0 saturated carbocycles. The molecule has 1 fully saturated rings. The van der Waals surface area contributed by atoms with Gasteiger partial charge in [0.1, 0.15) is 56.6 Å². The van der Waals surface area contributed by atoms with E-state index in [0.29, 0.717) is 51.4 Å². The predicted octanol–water partition coefficient (Wildman–Crippen LogP) is 10.1. The molecule has 17 rings (SSSR count). The van der Waals surface area contributed by atoms with Crippen molar-refractivity contribution in [3.8, 4) is 11.4 Å². The van der Waals surface area contributed by atoms with Gasteiger partial charge >= 0.3 is 82.6 Å². The molecule has 12 aromatic heterocycles. The zero-order valence-corrected chi connectivity index (χ0v) is 74.3. The number of aliphatic hydroxyl groups is 1. The zero-order valence-electron chi connectivity index (χ0n) is 68.8. The number of aromatic amines is 1. The van der Waals surface area contributed by atoms with Crippen LogP contribution in [-0.4, -0.2) is 133 Å². The molecule has 27 nitrogen and oxygen atoms in total. The van der Waals surface area contributed by atoms with Crippen molar-refractivity contribution in [1.29, 1.82) is 0 Å². The van der Waals surface area contributed by atoms with Crippen molar-refractivity contribution in [2.24, 2.45) is 21.1 Å². The van der Waals surface area contributed by atoms with Gasteiger partial charge in [-0.3, -0.25) is 24.0 Å². The molecule has 39 heteroatoms. The summed E-state index contributed by atoms with van der Waals surface area (Å²) < 4.78 is 129. The molecule has 1 atom stereocenters. The van der Waals surface area contributed by atoms with E-state index in [1.165, 1.54) is 138 Å². The first-order chi connectivity index (χ1) is 58.4. The van der Waals surface area contributed by atoms with Gasteiger partial charge in [0.25, 0.3) is 28.0 Å². The number of Topliss-reactive ketones (excluding diaryl/α,β-unsaturated/α-hetero) is 1. The summed E-state index contributed by atoms with van der Waals surface area (Å²) in [6.07, 6.45) is 20.2. The van der Waals surface area contributed by atoms with Crippen LogP contribution in [0.25, 0.3) is 88.3 Å². The molecule has 16 aromatic rings. The van der Waals surface area contributed by atoms with Gasteiger partial charge < -0.3 is 63.8 Å². The van der Waals surface area contributed by atoms with E-state index in [-0.39, 0.29) is 128 Å². The number of ketones is 1. The summed E-state index contributed by atoms with van der Waals surface area (Å²) in [5, 5.41) is 21.7. The van der Waals surface area contributed by atoms with Crippen LogP contribution < -0.4 is 92.5 Å². The number of fused-ring (bicyclic) bond motifs is 7. The molecule has 1 aliphatic heterocycles. The van der Waals surface area contributed by atoms with Gasteiger partial charge in [-0.05, 0) is 115 Å². The van der Waals surface area contributed by atoms with Gasteiger partial charge in [-0.25, -0.2) is 48.0 Å². The van der Waals surface area contributed by atoms with Crippen molar-refractivity contribution < 1.29 is 125 Å². The molecule has 0 aliphatic carbocycles. The zero-order chi connectivity index (χ0) is 88.3. The number of halogens is 10. The maximum absolute atomic E-state index is 14.6. The SMILES string of the molecule is C1CCOC1.C=CCn1cc(C(=O)C(F)(F)F)c2ncn(C)c(=O)c21.C=CCn1cc(C(O)(c2ccc3c(cnn3-c3ccc(F)cc3)c2)C(F)(F)F)c2ncn(C)c(=O)c21.C=CCn1ccc2nc[nH]c(=O)c21.C=CCn1ccc2ncn(C)c(=O)c21.C=CCn1ccc2ncnc(Cl)c21.Fc1ccc(-n2ncc3cc(Br)ccc32)cc1.[CH2-]CCC.[K+].[Li+].[OH-]. The van der Waals surface area contributed by atoms with Crippen LogP contribution in [0.1, 0.15) is 54.1 Å². The molecule has 13 heterocycles. The number of nitrogens with zero attached hydrogens (tertiary/aromatic N) is 18. The maximum atomic E-state index is 14.6. The second-order valence-corrected chi connectivity index (χ2v) is 28.2. The number of rotatable bonds is 16. The Morgan fingerprint density at radius 2 is 1.01 bits per heavy atom. The van der Waals surface area contributed by atoms with Crippen LogP contribution in [-0.2, 0) is 64.2 Å². The van der Waals surface area contributed by atoms with Crippen molar-refractivity contribution in [1.82, 2.24) is 91.0 Å². The fourth-order valence-electron chi connectivity index (χ4n) is 12.6. The number of benzene rings is 4. The normalized spacial score (nSPS) is 11.9. The van der Waals surface area contributed by atoms with Crippen molar-refractivity contribution in [2.45, 2.75) is 83.3 Å². The maximum Gasteiger partial charge on any atom is 1.00 e. The van der Waals surface area contributed by atoms with Gasteiger partial charge in [0, 0.05) is 119 Å². The third-order valence-electron chi connectivity index (χ3n) is 18.5. The molecule has 3 N–H and O–H groups in total. The minimum absolute atomic E-state index is 0. The smallest absolute Gasteiger partial charge is 0.870 e. The average molecular weight is 1820 g/mol. The minimum atomic E-state index is -5.16. The number of carbonyl (C=O) groups is 1. The van der Waals surface area contributed by atoms with E-state index in [1.807, 2.05) is 74.8 Å². The van der Waals surface area contributed by atoms with Crippen LogP contribution >= 0.6 is 27.5 Å². The Bertz CT molecular complexity index is 6690. The third kappa shape index (κ3) is 23.5. The van der Waals surface area contributed by atoms with Gasteiger partial charge in [0.05, 0.1) is 82.2 Å². The third-order valence-corrected chi connectivity index (χ3v) is 19.3. The molecule has 642 valence electrons. The topological polar surface area (TPSA) is 313 Å². The van der Waals surface area contributed by atoms with Gasteiger partial charge in [0.15, 0.2) is 5.15 Å². The number of aromatic nitrogens is 19. The largest absolute Gasteiger partial charge is 1.00 e. The number of unbranched alkanes of at least 4 members (excludes halogenated alkanes) is 1. The quantitative estimate of drug-likeness (QED) is 0.0227. The molecular formula is C86H83BrClF8KLiN19O8. The summed E-state index contributed by atoms with van der Waals surface area (Å²) in [6, 6.07) is 27.0. The second-order valence-electron chi connectivity index (χ2n) is 27.0. The minimum Gasteiger partial charge on any atom is -0.870 e. The van der Waals surface area contributed by atoms with Crippen molar-refractivity contribution in [3.05, 3.63) is 328 Å². The van der Waals surface area contributed by atoms with Crippen molar-refractivity contribution in [2.75, 3.05) is 13.2 Å². The van der Waals surface area contributed by atoms with Crippen LogP contribution in [0.2, 0.25) is 5.15 Å². The van der Waals surface area contributed by atoms with Gasteiger partial charge in [-0.2, -0.15) is 43.0 Å². The second kappa shape index (κ2) is 45.6. The Labute approximate surface area is 776 Å². The number of hydrogen-bond donors (Lipinski definition) is 2. The molecule has 1 aliphatic rings. The Balaban J connectivity index is 0.000000209. The van der Waals surface area contributed by atoms with Gasteiger partial charge in [-0.1, -0.05) is 77.3 Å². The first-order valence-corrected chi connectivity index (χ1v) is 38.6. The summed E-state index contributed by atoms with van der Waals surface area (Å²) in [6.45, 7) is 27.8. The number of hydrogen-bond acceptors (Lipinski definition) is 16. The number of alkyl halides is 6. The summed E-state index contributed by atoms with van der Waals surface area (Å²) in [5.74, 6) is -2.70. The number of nitrogens with one attached hydrogen (secondary N) is 1. The van der Waals surface area contributed by atoms with E-state index >= 15 is 0 Å². The molecule has 1 saturated heterocycles. The number of H-pyrrole nitrogens is 1. The van der Waals surface area contributed by atoms with E-state index < -0.39 is 57.4 Å². The molecule has 0 spiro atoms. The van der Waals surface area contributed by atoms with Crippen LogP contribution in [0.4, 0.5) is 35.1 Å². The summed E-state index contributed by atoms with van der Waals surface area (Å²) in [5.41, 5.74) is 0.183. The van der Waals surface area contributed by atoms with E-state index in [0.717, 1.165) is 104 Å². The van der Waals surface area contributed by atoms with E-state index in [2.05, 4.69) is 108 Å². The van der Waals surface area contributed by atoms with Crippen LogP contribution in [0.3, 0.4) is 0 Å². The van der Waals surface area contributed by atoms with Crippen molar-refractivity contribution in [3.63, 3.8) is 0 Å². The average Bonchev–Trinajstić information content (AvgIpc) is 1.59. The summed E-state index contributed by atoms with van der Waals surface area (Å²) >= 11 is 9.35. The Morgan fingerprint density at radius 1 is 0.576 bits per heavy atom. The Morgan fingerprint density at radius 3 is 1.49 bits per heavy atom.